The predicted molar refractivity (Wildman–Crippen MR) is 78.2 cm³/mol. The van der Waals surface area contributed by atoms with Crippen LogP contribution in [0.4, 0.5) is 0 Å². The molecule has 1 fully saturated rings. The van der Waals surface area contributed by atoms with Crippen LogP contribution in [-0.2, 0) is 10.0 Å². The summed E-state index contributed by atoms with van der Waals surface area (Å²) in [7, 11) is -3.78. The number of aryl methyl sites for hydroxylation is 1. The van der Waals surface area contributed by atoms with Crippen LogP contribution >= 0.6 is 11.3 Å². The van der Waals surface area contributed by atoms with Crippen molar-refractivity contribution in [2.24, 2.45) is 10.9 Å². The lowest BCUT2D eigenvalue weighted by Gasteiger charge is -2.34. The van der Waals surface area contributed by atoms with Crippen molar-refractivity contribution < 1.29 is 13.2 Å². The predicted octanol–water partition coefficient (Wildman–Crippen LogP) is 0.657. The number of primary sulfonamides is 1. The van der Waals surface area contributed by atoms with Gasteiger partial charge in [0, 0.05) is 24.0 Å². The monoisotopic (exact) mass is 317 g/mol. The fourth-order valence-corrected chi connectivity index (χ4v) is 4.61. The fourth-order valence-electron chi connectivity index (χ4n) is 2.51. The first-order chi connectivity index (χ1) is 9.34. The zero-order chi connectivity index (χ0) is 14.9. The average molecular weight is 317 g/mol. The number of thiophene rings is 1. The molecule has 112 valence electrons. The van der Waals surface area contributed by atoms with Crippen molar-refractivity contribution in [2.75, 3.05) is 13.1 Å². The van der Waals surface area contributed by atoms with E-state index in [1.165, 1.54) is 6.07 Å². The summed E-state index contributed by atoms with van der Waals surface area (Å²) in [4.78, 5) is 15.2. The van der Waals surface area contributed by atoms with Crippen molar-refractivity contribution in [3.8, 4) is 0 Å². The third kappa shape index (κ3) is 3.03. The van der Waals surface area contributed by atoms with Crippen molar-refractivity contribution in [3.63, 3.8) is 0 Å². The average Bonchev–Trinajstić information content (AvgIpc) is 2.80. The molecule has 2 rings (SSSR count). The molecule has 2 heterocycles. The molecule has 1 unspecified atom stereocenters. The van der Waals surface area contributed by atoms with E-state index in [2.05, 4.69) is 0 Å². The van der Waals surface area contributed by atoms with E-state index in [0.29, 0.717) is 22.8 Å². The minimum atomic E-state index is -3.78. The second-order valence-electron chi connectivity index (χ2n) is 4.96. The summed E-state index contributed by atoms with van der Waals surface area (Å²) < 4.78 is 22.9. The highest BCUT2D eigenvalue weighted by Gasteiger charge is 2.28. The normalized spacial score (nSPS) is 20.1. The fraction of sp³-hybridized carbons (Fsp3) is 0.583. The number of nitrogens with two attached hydrogens (primary N) is 2. The number of piperidine rings is 1. The van der Waals surface area contributed by atoms with Crippen LogP contribution < -0.4 is 10.9 Å². The van der Waals surface area contributed by atoms with Crippen LogP contribution in [0.3, 0.4) is 0 Å². The number of sulfonamides is 1. The van der Waals surface area contributed by atoms with E-state index in [4.69, 9.17) is 10.9 Å². The zero-order valence-electron chi connectivity index (χ0n) is 11.3. The third-order valence-electron chi connectivity index (χ3n) is 3.55. The number of nitrogens with zero attached hydrogens (tertiary/aromatic N) is 1. The summed E-state index contributed by atoms with van der Waals surface area (Å²) in [5, 5.41) is 5.14. The Kier molecular flexibility index (Phi) is 4.48. The zero-order valence-corrected chi connectivity index (χ0v) is 13.0. The molecule has 8 heteroatoms. The van der Waals surface area contributed by atoms with Gasteiger partial charge >= 0.3 is 0 Å². The lowest BCUT2D eigenvalue weighted by atomic mass is 10.0. The molecular weight excluding hydrogens is 298 g/mol. The Morgan fingerprint density at radius 3 is 2.75 bits per heavy atom. The number of amides is 1. The van der Waals surface area contributed by atoms with Crippen molar-refractivity contribution in [1.29, 1.82) is 0 Å². The number of carbonyl (C=O) groups excluding carboxylic acids is 1. The number of hydrogen-bond acceptors (Lipinski definition) is 5. The SMILES string of the molecule is Cc1sc(C(=O)N2CCCCC2CN)cc1S(N)(=O)=O. The summed E-state index contributed by atoms with van der Waals surface area (Å²) in [5.41, 5.74) is 5.71. The molecule has 0 aromatic carbocycles. The smallest absolute Gasteiger partial charge is 0.264 e. The van der Waals surface area contributed by atoms with Gasteiger partial charge in [0.1, 0.15) is 0 Å². The van der Waals surface area contributed by atoms with Gasteiger partial charge in [-0.05, 0) is 32.3 Å². The Labute approximate surface area is 122 Å². The first-order valence-corrected chi connectivity index (χ1v) is 8.85. The number of carbonyl (C=O) groups is 1. The minimum Gasteiger partial charge on any atom is -0.334 e. The summed E-state index contributed by atoms with van der Waals surface area (Å²) in [6.07, 6.45) is 2.92. The van der Waals surface area contributed by atoms with Gasteiger partial charge in [-0.2, -0.15) is 0 Å². The topological polar surface area (TPSA) is 106 Å². The highest BCUT2D eigenvalue weighted by atomic mass is 32.2. The molecule has 1 saturated heterocycles. The van der Waals surface area contributed by atoms with Gasteiger partial charge in [0.25, 0.3) is 5.91 Å². The van der Waals surface area contributed by atoms with Crippen LogP contribution in [0.1, 0.15) is 33.8 Å². The van der Waals surface area contributed by atoms with E-state index in [9.17, 15) is 13.2 Å². The van der Waals surface area contributed by atoms with E-state index in [1.807, 2.05) is 0 Å². The molecule has 1 aliphatic heterocycles. The van der Waals surface area contributed by atoms with Crippen molar-refractivity contribution in [2.45, 2.75) is 37.1 Å². The number of likely N-dealkylation sites (tertiary alicyclic amines) is 1. The maximum absolute atomic E-state index is 12.5. The van der Waals surface area contributed by atoms with Gasteiger partial charge in [0.15, 0.2) is 0 Å². The summed E-state index contributed by atoms with van der Waals surface area (Å²) >= 11 is 1.16. The van der Waals surface area contributed by atoms with E-state index < -0.39 is 10.0 Å². The highest BCUT2D eigenvalue weighted by molar-refractivity contribution is 7.89. The van der Waals surface area contributed by atoms with Crippen LogP contribution in [0.2, 0.25) is 0 Å². The molecule has 20 heavy (non-hydrogen) atoms. The minimum absolute atomic E-state index is 0.0344. The van der Waals surface area contributed by atoms with Crippen LogP contribution in [0.15, 0.2) is 11.0 Å². The van der Waals surface area contributed by atoms with Gasteiger partial charge < -0.3 is 10.6 Å². The molecule has 1 atom stereocenters. The molecule has 4 N–H and O–H groups in total. The van der Waals surface area contributed by atoms with Crippen molar-refractivity contribution >= 4 is 27.3 Å². The lowest BCUT2D eigenvalue weighted by Crippen LogP contribution is -2.47. The first-order valence-electron chi connectivity index (χ1n) is 6.49. The van der Waals surface area contributed by atoms with E-state index in [1.54, 1.807) is 11.8 Å². The molecule has 1 aliphatic rings. The molecule has 0 spiro atoms. The Balaban J connectivity index is 2.29. The maximum atomic E-state index is 12.5. The van der Waals surface area contributed by atoms with Crippen LogP contribution in [0.25, 0.3) is 0 Å². The van der Waals surface area contributed by atoms with Gasteiger partial charge in [0.05, 0.1) is 9.77 Å². The third-order valence-corrected chi connectivity index (χ3v) is 5.75. The molecule has 0 bridgehead atoms. The van der Waals surface area contributed by atoms with Crippen LogP contribution in [-0.4, -0.2) is 38.4 Å². The molecule has 0 radical (unpaired) electrons. The number of hydrogen-bond donors (Lipinski definition) is 2. The quantitative estimate of drug-likeness (QED) is 0.854. The Bertz CT molecular complexity index is 609. The van der Waals surface area contributed by atoms with E-state index >= 15 is 0 Å². The van der Waals surface area contributed by atoms with Crippen LogP contribution in [0.5, 0.6) is 0 Å². The standard InChI is InChI=1S/C12H19N3O3S2/c1-8-11(20(14,17)18)6-10(19-8)12(16)15-5-3-2-4-9(15)7-13/h6,9H,2-5,7,13H2,1H3,(H2,14,17,18). The van der Waals surface area contributed by atoms with Gasteiger partial charge in [-0.15, -0.1) is 11.3 Å². The Morgan fingerprint density at radius 1 is 1.50 bits per heavy atom. The molecule has 6 nitrogen and oxygen atoms in total. The van der Waals surface area contributed by atoms with E-state index in [-0.39, 0.29) is 16.8 Å². The first kappa shape index (κ1) is 15.4. The van der Waals surface area contributed by atoms with Crippen LogP contribution in [0, 0.1) is 6.92 Å². The van der Waals surface area contributed by atoms with Crippen molar-refractivity contribution in [1.82, 2.24) is 4.90 Å². The second kappa shape index (κ2) is 5.80. The second-order valence-corrected chi connectivity index (χ2v) is 7.75. The number of rotatable bonds is 3. The van der Waals surface area contributed by atoms with Gasteiger partial charge in [-0.25, -0.2) is 13.6 Å². The lowest BCUT2D eigenvalue weighted by molar-refractivity contribution is 0.0628. The molecular formula is C12H19N3O3S2. The van der Waals surface area contributed by atoms with Gasteiger partial charge in [-0.3, -0.25) is 4.79 Å². The van der Waals surface area contributed by atoms with Gasteiger partial charge in [-0.1, -0.05) is 0 Å². The van der Waals surface area contributed by atoms with Crippen molar-refractivity contribution in [3.05, 3.63) is 15.8 Å². The Hall–Kier alpha value is -0.960. The summed E-state index contributed by atoms with van der Waals surface area (Å²) in [6, 6.07) is 1.41. The largest absolute Gasteiger partial charge is 0.334 e. The molecule has 1 aromatic heterocycles. The summed E-state index contributed by atoms with van der Waals surface area (Å²) in [5.74, 6) is -0.150. The maximum Gasteiger partial charge on any atom is 0.264 e. The van der Waals surface area contributed by atoms with E-state index in [0.717, 1.165) is 30.6 Å². The molecule has 0 aliphatic carbocycles. The molecule has 1 amide bonds. The molecule has 0 saturated carbocycles. The molecule has 1 aromatic rings. The summed E-state index contributed by atoms with van der Waals surface area (Å²) in [6.45, 7) is 2.75. The van der Waals surface area contributed by atoms with Gasteiger partial charge in [0.2, 0.25) is 10.0 Å². The Morgan fingerprint density at radius 2 is 2.20 bits per heavy atom. The highest BCUT2D eigenvalue weighted by Crippen LogP contribution is 2.28.